The molecule has 1 aliphatic carbocycles. The first-order chi connectivity index (χ1) is 18.9. The Labute approximate surface area is 228 Å². The molecule has 0 bridgehead atoms. The minimum Gasteiger partial charge on any atom is -0.365 e. The Kier molecular flexibility index (Phi) is 6.57. The summed E-state index contributed by atoms with van der Waals surface area (Å²) in [6, 6.07) is 25.4. The van der Waals surface area contributed by atoms with Gasteiger partial charge >= 0.3 is 0 Å². The smallest absolute Gasteiger partial charge is 0.272 e. The van der Waals surface area contributed by atoms with Crippen molar-refractivity contribution in [3.05, 3.63) is 107 Å². The molecule has 0 saturated heterocycles. The maximum Gasteiger partial charge on any atom is 0.272 e. The van der Waals surface area contributed by atoms with E-state index in [9.17, 15) is 4.79 Å². The van der Waals surface area contributed by atoms with Crippen LogP contribution in [0, 0.1) is 13.8 Å². The third kappa shape index (κ3) is 5.39. The highest BCUT2D eigenvalue weighted by Crippen LogP contribution is 2.32. The summed E-state index contributed by atoms with van der Waals surface area (Å²) in [5.41, 5.74) is 8.12. The fourth-order valence-corrected chi connectivity index (χ4v) is 5.14. The van der Waals surface area contributed by atoms with E-state index in [0.717, 1.165) is 51.9 Å². The highest BCUT2D eigenvalue weighted by molar-refractivity contribution is 5.93. The number of anilines is 1. The van der Waals surface area contributed by atoms with Crippen molar-refractivity contribution < 1.29 is 4.79 Å². The summed E-state index contributed by atoms with van der Waals surface area (Å²) < 4.78 is 1.69. The van der Waals surface area contributed by atoms with Gasteiger partial charge in [-0.15, -0.1) is 0 Å². The van der Waals surface area contributed by atoms with Crippen molar-refractivity contribution in [2.24, 2.45) is 7.05 Å². The van der Waals surface area contributed by atoms with Gasteiger partial charge in [0.2, 0.25) is 0 Å². The standard InChI is InChI=1S/C32H32N6O/c1-21-6-4-7-23(14-21)18-33-31-28-17-26(10-13-29(28)34-20-35-31)25-9-5-8-24(16-25)19-38(27-11-12-27)32(39)30-15-22(2)36-37(30)3/h4-10,13-17,20,27H,11-12,18-19H2,1-3H3,(H,33,34,35). The lowest BCUT2D eigenvalue weighted by Gasteiger charge is -2.23. The van der Waals surface area contributed by atoms with Gasteiger partial charge in [-0.2, -0.15) is 5.10 Å². The van der Waals surface area contributed by atoms with Gasteiger partial charge in [0, 0.05) is 31.6 Å². The number of aromatic nitrogens is 4. The van der Waals surface area contributed by atoms with Crippen LogP contribution in [0.15, 0.2) is 79.1 Å². The molecule has 0 radical (unpaired) electrons. The van der Waals surface area contributed by atoms with Gasteiger partial charge in [-0.25, -0.2) is 9.97 Å². The van der Waals surface area contributed by atoms with Crippen molar-refractivity contribution in [2.45, 2.75) is 45.8 Å². The van der Waals surface area contributed by atoms with E-state index < -0.39 is 0 Å². The molecule has 3 aromatic carbocycles. The number of rotatable bonds is 8. The van der Waals surface area contributed by atoms with Gasteiger partial charge in [0.1, 0.15) is 17.8 Å². The van der Waals surface area contributed by atoms with Gasteiger partial charge in [0.05, 0.1) is 11.2 Å². The third-order valence-corrected chi connectivity index (χ3v) is 7.26. The normalized spacial score (nSPS) is 13.0. The van der Waals surface area contributed by atoms with Crippen LogP contribution in [-0.4, -0.2) is 36.6 Å². The molecule has 7 nitrogen and oxygen atoms in total. The molecule has 0 spiro atoms. The molecule has 0 atom stereocenters. The molecule has 0 unspecified atom stereocenters. The van der Waals surface area contributed by atoms with Gasteiger partial charge in [-0.05, 0) is 73.2 Å². The van der Waals surface area contributed by atoms with Crippen LogP contribution >= 0.6 is 0 Å². The van der Waals surface area contributed by atoms with Crippen LogP contribution in [0.2, 0.25) is 0 Å². The predicted molar refractivity (Wildman–Crippen MR) is 154 cm³/mol. The minimum absolute atomic E-state index is 0.0400. The first-order valence-electron chi connectivity index (χ1n) is 13.4. The largest absolute Gasteiger partial charge is 0.365 e. The lowest BCUT2D eigenvalue weighted by Crippen LogP contribution is -2.33. The van der Waals surface area contributed by atoms with E-state index in [4.69, 9.17) is 0 Å². The predicted octanol–water partition coefficient (Wildman–Crippen LogP) is 6.06. The topological polar surface area (TPSA) is 75.9 Å². The SMILES string of the molecule is Cc1cccc(CNc2ncnc3ccc(-c4cccc(CN(C(=O)c5cc(C)nn5C)C5CC5)c4)cc23)c1. The van der Waals surface area contributed by atoms with Crippen LogP contribution in [0.3, 0.4) is 0 Å². The second-order valence-electron chi connectivity index (χ2n) is 10.5. The van der Waals surface area contributed by atoms with Gasteiger partial charge in [0.15, 0.2) is 0 Å². The van der Waals surface area contributed by atoms with Crippen molar-refractivity contribution in [2.75, 3.05) is 5.32 Å². The fourth-order valence-electron chi connectivity index (χ4n) is 5.14. The highest BCUT2D eigenvalue weighted by Gasteiger charge is 2.34. The first-order valence-corrected chi connectivity index (χ1v) is 13.4. The van der Waals surface area contributed by atoms with E-state index in [0.29, 0.717) is 18.8 Å². The highest BCUT2D eigenvalue weighted by atomic mass is 16.2. The maximum absolute atomic E-state index is 13.4. The Morgan fingerprint density at radius 1 is 0.949 bits per heavy atom. The van der Waals surface area contributed by atoms with Gasteiger partial charge in [0.25, 0.3) is 5.91 Å². The Morgan fingerprint density at radius 2 is 1.74 bits per heavy atom. The van der Waals surface area contributed by atoms with Crippen LogP contribution in [0.4, 0.5) is 5.82 Å². The van der Waals surface area contributed by atoms with Crippen molar-refractivity contribution in [3.63, 3.8) is 0 Å². The number of fused-ring (bicyclic) bond motifs is 1. The summed E-state index contributed by atoms with van der Waals surface area (Å²) in [7, 11) is 1.83. The summed E-state index contributed by atoms with van der Waals surface area (Å²) in [5.74, 6) is 0.856. The zero-order valence-corrected chi connectivity index (χ0v) is 22.6. The van der Waals surface area contributed by atoms with Crippen LogP contribution in [0.1, 0.15) is 45.7 Å². The summed E-state index contributed by atoms with van der Waals surface area (Å²) in [5, 5.41) is 8.85. The van der Waals surface area contributed by atoms with Gasteiger partial charge in [-0.3, -0.25) is 9.48 Å². The summed E-state index contributed by atoms with van der Waals surface area (Å²) in [6.45, 7) is 5.28. The van der Waals surface area contributed by atoms with E-state index in [1.807, 2.05) is 31.0 Å². The molecular formula is C32H32N6O. The van der Waals surface area contributed by atoms with Crippen molar-refractivity contribution in [1.82, 2.24) is 24.6 Å². The van der Waals surface area contributed by atoms with E-state index in [2.05, 4.69) is 88.0 Å². The molecule has 1 amide bonds. The molecule has 1 N–H and O–H groups in total. The minimum atomic E-state index is 0.0400. The molecule has 1 saturated carbocycles. The lowest BCUT2D eigenvalue weighted by atomic mass is 10.0. The maximum atomic E-state index is 13.4. The van der Waals surface area contributed by atoms with Crippen LogP contribution < -0.4 is 5.32 Å². The van der Waals surface area contributed by atoms with Crippen molar-refractivity contribution in [1.29, 1.82) is 0 Å². The number of carbonyl (C=O) groups is 1. The second kappa shape index (κ2) is 10.3. The fraction of sp³-hybridized carbons (Fsp3) is 0.250. The number of benzene rings is 3. The van der Waals surface area contributed by atoms with E-state index in [-0.39, 0.29) is 11.9 Å². The molecule has 2 aromatic heterocycles. The Morgan fingerprint density at radius 3 is 2.51 bits per heavy atom. The Bertz CT molecular complexity index is 1670. The molecule has 2 heterocycles. The number of hydrogen-bond acceptors (Lipinski definition) is 5. The third-order valence-electron chi connectivity index (χ3n) is 7.26. The molecule has 1 fully saturated rings. The van der Waals surface area contributed by atoms with Crippen molar-refractivity contribution in [3.8, 4) is 11.1 Å². The van der Waals surface area contributed by atoms with Crippen LogP contribution in [-0.2, 0) is 20.1 Å². The molecule has 0 aliphatic heterocycles. The summed E-state index contributed by atoms with van der Waals surface area (Å²) in [4.78, 5) is 24.5. The quantitative estimate of drug-likeness (QED) is 0.271. The average molecular weight is 517 g/mol. The number of carbonyl (C=O) groups excluding carboxylic acids is 1. The molecule has 5 aromatic rings. The number of nitrogens with zero attached hydrogens (tertiary/aromatic N) is 5. The van der Waals surface area contributed by atoms with Crippen molar-refractivity contribution >= 4 is 22.6 Å². The zero-order valence-electron chi connectivity index (χ0n) is 22.6. The number of hydrogen-bond donors (Lipinski definition) is 1. The van der Waals surface area contributed by atoms with E-state index in [1.54, 1.807) is 11.0 Å². The van der Waals surface area contributed by atoms with Gasteiger partial charge in [-0.1, -0.05) is 54.1 Å². The summed E-state index contributed by atoms with van der Waals surface area (Å²) >= 11 is 0. The van der Waals surface area contributed by atoms with Crippen LogP contribution in [0.25, 0.3) is 22.0 Å². The molecule has 7 heteroatoms. The molecular weight excluding hydrogens is 484 g/mol. The zero-order chi connectivity index (χ0) is 26.9. The molecule has 1 aliphatic rings. The monoisotopic (exact) mass is 516 g/mol. The first kappa shape index (κ1) is 24.8. The molecule has 39 heavy (non-hydrogen) atoms. The Hall–Kier alpha value is -4.52. The van der Waals surface area contributed by atoms with E-state index in [1.165, 1.54) is 11.1 Å². The lowest BCUT2D eigenvalue weighted by molar-refractivity contribution is 0.0718. The number of nitrogens with one attached hydrogen (secondary N) is 1. The van der Waals surface area contributed by atoms with E-state index >= 15 is 0 Å². The average Bonchev–Trinajstić information content (AvgIpc) is 3.73. The number of aryl methyl sites for hydroxylation is 3. The molecule has 6 rings (SSSR count). The number of amides is 1. The van der Waals surface area contributed by atoms with Gasteiger partial charge < -0.3 is 10.2 Å². The second-order valence-corrected chi connectivity index (χ2v) is 10.5. The summed E-state index contributed by atoms with van der Waals surface area (Å²) in [6.07, 6.45) is 3.70. The Balaban J connectivity index is 1.26. The molecule has 196 valence electrons. The van der Waals surface area contributed by atoms with Crippen LogP contribution in [0.5, 0.6) is 0 Å².